The average Bonchev–Trinajstić information content (AvgIpc) is 2.78. The lowest BCUT2D eigenvalue weighted by Gasteiger charge is -2.26. The van der Waals surface area contributed by atoms with Gasteiger partial charge >= 0.3 is 0 Å². The monoisotopic (exact) mass is 447 g/mol. The van der Waals surface area contributed by atoms with Crippen molar-refractivity contribution in [2.45, 2.75) is 24.2 Å². The summed E-state index contributed by atoms with van der Waals surface area (Å²) in [5, 5.41) is 2.85. The minimum absolute atomic E-state index is 0.165. The highest BCUT2D eigenvalue weighted by atomic mass is 32.2. The van der Waals surface area contributed by atoms with Crippen LogP contribution in [0.4, 0.5) is 11.4 Å². The summed E-state index contributed by atoms with van der Waals surface area (Å²) in [6.45, 7) is 1.03. The van der Waals surface area contributed by atoms with Gasteiger partial charge in [-0.25, -0.2) is 8.42 Å². The molecule has 0 saturated carbocycles. The van der Waals surface area contributed by atoms with E-state index < -0.39 is 15.9 Å². The third-order valence-corrected chi connectivity index (χ3v) is 7.16. The number of hydrogen-bond acceptors (Lipinski definition) is 6. The van der Waals surface area contributed by atoms with Gasteiger partial charge in [0.05, 0.1) is 30.5 Å². The molecule has 1 saturated heterocycles. The summed E-state index contributed by atoms with van der Waals surface area (Å²) in [4.78, 5) is 15.0. The first-order chi connectivity index (χ1) is 14.8. The molecule has 1 amide bonds. The van der Waals surface area contributed by atoms with Crippen molar-refractivity contribution >= 4 is 27.3 Å². The highest BCUT2D eigenvalue weighted by Crippen LogP contribution is 2.31. The van der Waals surface area contributed by atoms with E-state index in [4.69, 9.17) is 9.47 Å². The van der Waals surface area contributed by atoms with Gasteiger partial charge in [0.15, 0.2) is 0 Å². The van der Waals surface area contributed by atoms with E-state index in [9.17, 15) is 13.2 Å². The van der Waals surface area contributed by atoms with E-state index in [1.165, 1.54) is 24.6 Å². The van der Waals surface area contributed by atoms with E-state index in [0.717, 1.165) is 19.3 Å². The average molecular weight is 448 g/mol. The number of anilines is 2. The van der Waals surface area contributed by atoms with Crippen molar-refractivity contribution in [3.63, 3.8) is 0 Å². The van der Waals surface area contributed by atoms with Gasteiger partial charge in [-0.05, 0) is 43.2 Å². The number of carbonyl (C=O) groups is 1. The minimum atomic E-state index is -3.63. The predicted molar refractivity (Wildman–Crippen MR) is 121 cm³/mol. The lowest BCUT2D eigenvalue weighted by Crippen LogP contribution is -2.35. The standard InChI is InChI=1S/C22H29N3O5S/c1-24(2)21-9-8-19(31(27,28)25-10-6-5-7-11-25)15-20(21)23-22(26)16-12-17(29-3)14-18(13-16)30-4/h8-9,12-15H,5-7,10-11H2,1-4H3,(H,23,26). The first kappa shape index (κ1) is 22.9. The summed E-state index contributed by atoms with van der Waals surface area (Å²) in [5.74, 6) is 0.574. The Morgan fingerprint density at radius 1 is 0.968 bits per heavy atom. The molecule has 0 unspecified atom stereocenters. The van der Waals surface area contributed by atoms with Crippen LogP contribution in [0.5, 0.6) is 11.5 Å². The lowest BCUT2D eigenvalue weighted by molar-refractivity contribution is 0.102. The fraction of sp³-hybridized carbons (Fsp3) is 0.409. The van der Waals surface area contributed by atoms with E-state index in [1.54, 1.807) is 30.3 Å². The van der Waals surface area contributed by atoms with Gasteiger partial charge in [-0.15, -0.1) is 0 Å². The maximum Gasteiger partial charge on any atom is 0.255 e. The quantitative estimate of drug-likeness (QED) is 0.701. The van der Waals surface area contributed by atoms with Crippen LogP contribution in [-0.2, 0) is 10.0 Å². The molecule has 1 heterocycles. The third kappa shape index (κ3) is 5.11. The van der Waals surface area contributed by atoms with E-state index in [-0.39, 0.29) is 4.90 Å². The lowest BCUT2D eigenvalue weighted by atomic mass is 10.1. The van der Waals surface area contributed by atoms with Crippen LogP contribution >= 0.6 is 0 Å². The summed E-state index contributed by atoms with van der Waals surface area (Å²) in [6.07, 6.45) is 2.75. The SMILES string of the molecule is COc1cc(OC)cc(C(=O)Nc2cc(S(=O)(=O)N3CCCCC3)ccc2N(C)C)c1. The van der Waals surface area contributed by atoms with Gasteiger partial charge in [-0.3, -0.25) is 4.79 Å². The summed E-state index contributed by atoms with van der Waals surface area (Å²) >= 11 is 0. The number of methoxy groups -OCH3 is 2. The molecule has 2 aromatic carbocycles. The second-order valence-corrected chi connectivity index (χ2v) is 9.53. The fourth-order valence-electron chi connectivity index (χ4n) is 3.55. The van der Waals surface area contributed by atoms with Crippen LogP contribution in [0, 0.1) is 0 Å². The van der Waals surface area contributed by atoms with Crippen LogP contribution in [0.25, 0.3) is 0 Å². The molecule has 1 N–H and O–H groups in total. The first-order valence-electron chi connectivity index (χ1n) is 10.1. The van der Waals surface area contributed by atoms with Crippen LogP contribution in [0.15, 0.2) is 41.3 Å². The van der Waals surface area contributed by atoms with Crippen molar-refractivity contribution < 1.29 is 22.7 Å². The molecule has 3 rings (SSSR count). The molecule has 0 aromatic heterocycles. The molecule has 1 aliphatic heterocycles. The van der Waals surface area contributed by atoms with Gasteiger partial charge in [-0.2, -0.15) is 4.31 Å². The molecule has 1 fully saturated rings. The number of hydrogen-bond donors (Lipinski definition) is 1. The van der Waals surface area contributed by atoms with E-state index >= 15 is 0 Å². The Kier molecular flexibility index (Phi) is 7.07. The molecule has 8 nitrogen and oxygen atoms in total. The third-order valence-electron chi connectivity index (χ3n) is 5.26. The normalized spacial score (nSPS) is 14.7. The summed E-state index contributed by atoms with van der Waals surface area (Å²) in [6, 6.07) is 9.69. The Hall–Kier alpha value is -2.78. The van der Waals surface area contributed by atoms with Crippen LogP contribution in [0.1, 0.15) is 29.6 Å². The number of rotatable bonds is 7. The minimum Gasteiger partial charge on any atom is -0.497 e. The van der Waals surface area contributed by atoms with Gasteiger partial charge in [-0.1, -0.05) is 6.42 Å². The Morgan fingerprint density at radius 3 is 2.13 bits per heavy atom. The Bertz CT molecular complexity index is 1020. The van der Waals surface area contributed by atoms with Gasteiger partial charge in [0.25, 0.3) is 5.91 Å². The van der Waals surface area contributed by atoms with E-state index in [2.05, 4.69) is 5.32 Å². The molecule has 0 bridgehead atoms. The molecule has 168 valence electrons. The first-order valence-corrected chi connectivity index (χ1v) is 11.6. The number of benzene rings is 2. The molecule has 0 spiro atoms. The van der Waals surface area contributed by atoms with Crippen molar-refractivity contribution in [1.29, 1.82) is 0 Å². The molecule has 9 heteroatoms. The smallest absolute Gasteiger partial charge is 0.255 e. The summed E-state index contributed by atoms with van der Waals surface area (Å²) in [5.41, 5.74) is 1.45. The molecule has 0 radical (unpaired) electrons. The van der Waals surface area contributed by atoms with E-state index in [0.29, 0.717) is 41.5 Å². The van der Waals surface area contributed by atoms with Crippen LogP contribution in [-0.4, -0.2) is 60.0 Å². The number of ether oxygens (including phenoxy) is 2. The molecule has 1 aliphatic rings. The predicted octanol–water partition coefficient (Wildman–Crippen LogP) is 3.20. The zero-order valence-electron chi connectivity index (χ0n) is 18.3. The molecule has 2 aromatic rings. The maximum absolute atomic E-state index is 13.1. The fourth-order valence-corrected chi connectivity index (χ4v) is 5.10. The Morgan fingerprint density at radius 2 is 1.58 bits per heavy atom. The number of amides is 1. The number of carbonyl (C=O) groups excluding carboxylic acids is 1. The zero-order valence-corrected chi connectivity index (χ0v) is 19.2. The topological polar surface area (TPSA) is 88.2 Å². The van der Waals surface area contributed by atoms with E-state index in [1.807, 2.05) is 19.0 Å². The van der Waals surface area contributed by atoms with Gasteiger partial charge in [0.2, 0.25) is 10.0 Å². The van der Waals surface area contributed by atoms with Crippen LogP contribution < -0.4 is 19.7 Å². The van der Waals surface area contributed by atoms with Crippen molar-refractivity contribution in [2.24, 2.45) is 0 Å². The molecular formula is C22H29N3O5S. The van der Waals surface area contributed by atoms with Gasteiger partial charge in [0, 0.05) is 38.8 Å². The Labute approximate surface area is 183 Å². The number of piperidine rings is 1. The maximum atomic E-state index is 13.1. The van der Waals surface area contributed by atoms with Gasteiger partial charge in [0.1, 0.15) is 11.5 Å². The van der Waals surface area contributed by atoms with Crippen LogP contribution in [0.2, 0.25) is 0 Å². The summed E-state index contributed by atoms with van der Waals surface area (Å²) in [7, 11) is 3.06. The second-order valence-electron chi connectivity index (χ2n) is 7.59. The molecule has 0 aliphatic carbocycles. The number of nitrogens with zero attached hydrogens (tertiary/aromatic N) is 2. The second kappa shape index (κ2) is 9.57. The van der Waals surface area contributed by atoms with Crippen molar-refractivity contribution in [3.8, 4) is 11.5 Å². The zero-order chi connectivity index (χ0) is 22.6. The number of nitrogens with one attached hydrogen (secondary N) is 1. The number of sulfonamides is 1. The van der Waals surface area contributed by atoms with Crippen molar-refractivity contribution in [3.05, 3.63) is 42.0 Å². The molecular weight excluding hydrogens is 418 g/mol. The van der Waals surface area contributed by atoms with Crippen LogP contribution in [0.3, 0.4) is 0 Å². The highest BCUT2D eigenvalue weighted by molar-refractivity contribution is 7.89. The largest absolute Gasteiger partial charge is 0.497 e. The van der Waals surface area contributed by atoms with Crippen molar-refractivity contribution in [1.82, 2.24) is 4.31 Å². The molecule has 31 heavy (non-hydrogen) atoms. The highest BCUT2D eigenvalue weighted by Gasteiger charge is 2.27. The Balaban J connectivity index is 1.96. The van der Waals surface area contributed by atoms with Gasteiger partial charge < -0.3 is 19.7 Å². The molecule has 0 atom stereocenters. The summed E-state index contributed by atoms with van der Waals surface area (Å²) < 4.78 is 38.2. The van der Waals surface area contributed by atoms with Crippen molar-refractivity contribution in [2.75, 3.05) is 51.6 Å².